The molecule has 0 aliphatic carbocycles. The Kier molecular flexibility index (Phi) is 1.78. The summed E-state index contributed by atoms with van der Waals surface area (Å²) in [6.07, 6.45) is 2.82. The summed E-state index contributed by atoms with van der Waals surface area (Å²) >= 11 is 0. The lowest BCUT2D eigenvalue weighted by atomic mass is 9.99. The van der Waals surface area contributed by atoms with Crippen molar-refractivity contribution in [2.45, 2.75) is 19.9 Å². The maximum atomic E-state index is 5.29. The molecule has 0 atom stereocenters. The van der Waals surface area contributed by atoms with E-state index >= 15 is 0 Å². The SMILES string of the molecule is CCc1ccc2c(c1)-c1oncc1CN2. The molecule has 0 radical (unpaired) electrons. The Balaban J connectivity index is 2.21. The minimum absolute atomic E-state index is 0.803. The number of hydrogen-bond acceptors (Lipinski definition) is 3. The molecule has 0 fully saturated rings. The van der Waals surface area contributed by atoms with E-state index in [4.69, 9.17) is 4.52 Å². The summed E-state index contributed by atoms with van der Waals surface area (Å²) < 4.78 is 5.29. The van der Waals surface area contributed by atoms with Gasteiger partial charge < -0.3 is 9.84 Å². The highest BCUT2D eigenvalue weighted by Gasteiger charge is 2.19. The van der Waals surface area contributed by atoms with E-state index in [-0.39, 0.29) is 0 Å². The van der Waals surface area contributed by atoms with Crippen LogP contribution in [0.25, 0.3) is 11.3 Å². The number of benzene rings is 1. The van der Waals surface area contributed by atoms with Crippen LogP contribution in [0.1, 0.15) is 18.1 Å². The second-order valence-electron chi connectivity index (χ2n) is 3.77. The second-order valence-corrected chi connectivity index (χ2v) is 3.77. The van der Waals surface area contributed by atoms with E-state index in [0.717, 1.165) is 35.5 Å². The summed E-state index contributed by atoms with van der Waals surface area (Å²) in [7, 11) is 0. The molecule has 3 rings (SSSR count). The zero-order valence-corrected chi connectivity index (χ0v) is 8.58. The molecule has 15 heavy (non-hydrogen) atoms. The Morgan fingerprint density at radius 2 is 2.40 bits per heavy atom. The first-order chi connectivity index (χ1) is 7.38. The average molecular weight is 200 g/mol. The molecule has 0 bridgehead atoms. The third kappa shape index (κ3) is 1.23. The van der Waals surface area contributed by atoms with Crippen LogP contribution in [0.15, 0.2) is 28.9 Å². The number of aryl methyl sites for hydroxylation is 1. The van der Waals surface area contributed by atoms with Crippen molar-refractivity contribution < 1.29 is 4.52 Å². The number of aromatic nitrogens is 1. The first-order valence-corrected chi connectivity index (χ1v) is 5.19. The van der Waals surface area contributed by atoms with E-state index in [1.54, 1.807) is 6.20 Å². The number of nitrogens with zero attached hydrogens (tertiary/aromatic N) is 1. The van der Waals surface area contributed by atoms with Crippen LogP contribution in [0, 0.1) is 0 Å². The summed E-state index contributed by atoms with van der Waals surface area (Å²) in [6.45, 7) is 2.95. The number of rotatable bonds is 1. The molecule has 0 saturated heterocycles. The predicted molar refractivity (Wildman–Crippen MR) is 58.6 cm³/mol. The third-order valence-corrected chi connectivity index (χ3v) is 2.85. The maximum absolute atomic E-state index is 5.29. The molecule has 0 spiro atoms. The molecule has 2 heterocycles. The van der Waals surface area contributed by atoms with Crippen molar-refractivity contribution >= 4 is 5.69 Å². The molecule has 3 nitrogen and oxygen atoms in total. The van der Waals surface area contributed by atoms with Crippen LogP contribution < -0.4 is 5.32 Å². The van der Waals surface area contributed by atoms with Gasteiger partial charge >= 0.3 is 0 Å². The zero-order chi connectivity index (χ0) is 10.3. The van der Waals surface area contributed by atoms with Crippen molar-refractivity contribution in [1.82, 2.24) is 5.16 Å². The van der Waals surface area contributed by atoms with Gasteiger partial charge in [-0.05, 0) is 24.1 Å². The van der Waals surface area contributed by atoms with Gasteiger partial charge in [0, 0.05) is 23.4 Å². The zero-order valence-electron chi connectivity index (χ0n) is 8.58. The Labute approximate surface area is 88.1 Å². The Morgan fingerprint density at radius 1 is 1.47 bits per heavy atom. The quantitative estimate of drug-likeness (QED) is 0.769. The van der Waals surface area contributed by atoms with Gasteiger partial charge in [0.1, 0.15) is 0 Å². The molecule has 1 aliphatic heterocycles. The molecule has 1 N–H and O–H groups in total. The van der Waals surface area contributed by atoms with E-state index in [2.05, 4.69) is 35.6 Å². The highest BCUT2D eigenvalue weighted by atomic mass is 16.5. The average Bonchev–Trinajstić information content (AvgIpc) is 2.76. The van der Waals surface area contributed by atoms with E-state index in [1.807, 2.05) is 0 Å². The third-order valence-electron chi connectivity index (χ3n) is 2.85. The van der Waals surface area contributed by atoms with Gasteiger partial charge in [0.2, 0.25) is 0 Å². The first-order valence-electron chi connectivity index (χ1n) is 5.19. The highest BCUT2D eigenvalue weighted by molar-refractivity contribution is 5.79. The van der Waals surface area contributed by atoms with Crippen LogP contribution in [0.3, 0.4) is 0 Å². The molecule has 0 saturated carbocycles. The molecule has 0 amide bonds. The minimum atomic E-state index is 0.803. The van der Waals surface area contributed by atoms with Crippen LogP contribution in [0.2, 0.25) is 0 Å². The minimum Gasteiger partial charge on any atom is -0.380 e. The lowest BCUT2D eigenvalue weighted by molar-refractivity contribution is 0.431. The fourth-order valence-electron chi connectivity index (χ4n) is 1.95. The smallest absolute Gasteiger partial charge is 0.173 e. The van der Waals surface area contributed by atoms with Crippen LogP contribution in [-0.4, -0.2) is 5.16 Å². The Hall–Kier alpha value is -1.77. The molecule has 1 aliphatic rings. The molecule has 76 valence electrons. The summed E-state index contributed by atoms with van der Waals surface area (Å²) in [6, 6.07) is 6.43. The molecule has 0 unspecified atom stereocenters. The van der Waals surface area contributed by atoms with E-state index in [9.17, 15) is 0 Å². The van der Waals surface area contributed by atoms with E-state index in [0.29, 0.717) is 0 Å². The Morgan fingerprint density at radius 3 is 3.27 bits per heavy atom. The highest BCUT2D eigenvalue weighted by Crippen LogP contribution is 2.35. The van der Waals surface area contributed by atoms with Gasteiger partial charge in [0.25, 0.3) is 0 Å². The van der Waals surface area contributed by atoms with Crippen LogP contribution in [-0.2, 0) is 13.0 Å². The summed E-state index contributed by atoms with van der Waals surface area (Å²) in [5.41, 5.74) is 4.72. The fraction of sp³-hybridized carbons (Fsp3) is 0.250. The molecular weight excluding hydrogens is 188 g/mol. The standard InChI is InChI=1S/C12H12N2O/c1-2-8-3-4-11-10(5-8)12-9(6-13-11)7-14-15-12/h3-5,7,13H,2,6H2,1H3. The number of hydrogen-bond donors (Lipinski definition) is 1. The van der Waals surface area contributed by atoms with Gasteiger partial charge in [-0.25, -0.2) is 0 Å². The molecule has 2 aromatic rings. The van der Waals surface area contributed by atoms with Gasteiger partial charge in [-0.3, -0.25) is 0 Å². The van der Waals surface area contributed by atoms with Crippen molar-refractivity contribution in [3.05, 3.63) is 35.5 Å². The van der Waals surface area contributed by atoms with Crippen molar-refractivity contribution in [1.29, 1.82) is 0 Å². The molecule has 1 aromatic heterocycles. The van der Waals surface area contributed by atoms with Crippen molar-refractivity contribution in [3.63, 3.8) is 0 Å². The van der Waals surface area contributed by atoms with Crippen molar-refractivity contribution in [3.8, 4) is 11.3 Å². The molecule has 1 aromatic carbocycles. The van der Waals surface area contributed by atoms with E-state index in [1.165, 1.54) is 5.56 Å². The second kappa shape index (κ2) is 3.12. The van der Waals surface area contributed by atoms with Gasteiger partial charge in [-0.15, -0.1) is 0 Å². The lowest BCUT2D eigenvalue weighted by Gasteiger charge is -2.16. The Bertz CT molecular complexity index is 502. The predicted octanol–water partition coefficient (Wildman–Crippen LogP) is 2.83. The molecular formula is C12H12N2O. The summed E-state index contributed by atoms with van der Waals surface area (Å²) in [5, 5.41) is 7.20. The van der Waals surface area contributed by atoms with E-state index < -0.39 is 0 Å². The van der Waals surface area contributed by atoms with Gasteiger partial charge in [0.05, 0.1) is 6.20 Å². The molecule has 3 heteroatoms. The van der Waals surface area contributed by atoms with Crippen LogP contribution in [0.5, 0.6) is 0 Å². The van der Waals surface area contributed by atoms with Crippen LogP contribution >= 0.6 is 0 Å². The van der Waals surface area contributed by atoms with Crippen molar-refractivity contribution in [2.75, 3.05) is 5.32 Å². The number of nitrogens with one attached hydrogen (secondary N) is 1. The summed E-state index contributed by atoms with van der Waals surface area (Å²) in [5.74, 6) is 0.916. The normalized spacial score (nSPS) is 12.9. The summed E-state index contributed by atoms with van der Waals surface area (Å²) in [4.78, 5) is 0. The number of fused-ring (bicyclic) bond motifs is 3. The van der Waals surface area contributed by atoms with Crippen molar-refractivity contribution in [2.24, 2.45) is 0 Å². The van der Waals surface area contributed by atoms with Gasteiger partial charge in [-0.1, -0.05) is 18.1 Å². The topological polar surface area (TPSA) is 38.1 Å². The lowest BCUT2D eigenvalue weighted by Crippen LogP contribution is -2.06. The monoisotopic (exact) mass is 200 g/mol. The maximum Gasteiger partial charge on any atom is 0.173 e. The fourth-order valence-corrected chi connectivity index (χ4v) is 1.95. The van der Waals surface area contributed by atoms with Gasteiger partial charge in [-0.2, -0.15) is 0 Å². The first kappa shape index (κ1) is 8.53. The largest absolute Gasteiger partial charge is 0.380 e. The number of anilines is 1. The van der Waals surface area contributed by atoms with Crippen LogP contribution in [0.4, 0.5) is 5.69 Å². The van der Waals surface area contributed by atoms with Gasteiger partial charge in [0.15, 0.2) is 5.76 Å².